The van der Waals surface area contributed by atoms with Crippen molar-refractivity contribution < 1.29 is 9.18 Å². The molecule has 1 aromatic heterocycles. The Kier molecular flexibility index (Phi) is 5.80. The number of halogens is 1. The van der Waals surface area contributed by atoms with E-state index in [1.807, 2.05) is 37.3 Å². The normalized spacial score (nSPS) is 11.8. The maximum absolute atomic E-state index is 13.2. The van der Waals surface area contributed by atoms with E-state index in [1.165, 1.54) is 18.5 Å². The lowest BCUT2D eigenvalue weighted by molar-refractivity contribution is 0.194. The number of nitrogens with one attached hydrogen (secondary N) is 1. The fourth-order valence-corrected chi connectivity index (χ4v) is 2.78. The van der Waals surface area contributed by atoms with Crippen LogP contribution < -0.4 is 5.32 Å². The molecule has 1 heterocycles. The van der Waals surface area contributed by atoms with Gasteiger partial charge in [0.05, 0.1) is 11.7 Å². The van der Waals surface area contributed by atoms with Crippen LogP contribution in [0.2, 0.25) is 0 Å². The van der Waals surface area contributed by atoms with E-state index in [0.29, 0.717) is 13.0 Å². The standard InChI is InChI=1S/C20H22FN5O/c1-15(17-6-8-19(9-7-17)26-14-22-13-24-26)25(2)20(27)23-11-10-16-4-3-5-18(21)12-16/h3-9,12-15H,10-11H2,1-2H3,(H,23,27)/t15-/m1/s1. The largest absolute Gasteiger partial charge is 0.338 e. The maximum Gasteiger partial charge on any atom is 0.317 e. The van der Waals surface area contributed by atoms with Crippen LogP contribution in [0.5, 0.6) is 0 Å². The van der Waals surface area contributed by atoms with Crippen molar-refractivity contribution in [1.82, 2.24) is 25.0 Å². The van der Waals surface area contributed by atoms with Gasteiger partial charge in [-0.15, -0.1) is 0 Å². The van der Waals surface area contributed by atoms with E-state index in [-0.39, 0.29) is 17.9 Å². The molecule has 0 aliphatic carbocycles. The molecule has 3 aromatic rings. The Balaban J connectivity index is 1.54. The van der Waals surface area contributed by atoms with Gasteiger partial charge < -0.3 is 10.2 Å². The van der Waals surface area contributed by atoms with Crippen molar-refractivity contribution in [3.8, 4) is 5.69 Å². The minimum absolute atomic E-state index is 0.0935. The van der Waals surface area contributed by atoms with Crippen LogP contribution in [0, 0.1) is 5.82 Å². The van der Waals surface area contributed by atoms with Gasteiger partial charge in [0.15, 0.2) is 0 Å². The Bertz CT molecular complexity index is 880. The second-order valence-corrected chi connectivity index (χ2v) is 6.33. The Labute approximate surface area is 157 Å². The van der Waals surface area contributed by atoms with Crippen molar-refractivity contribution in [1.29, 1.82) is 0 Å². The minimum Gasteiger partial charge on any atom is -0.338 e. The minimum atomic E-state index is -0.265. The molecule has 0 aliphatic heterocycles. The first-order chi connectivity index (χ1) is 13.0. The van der Waals surface area contributed by atoms with Gasteiger partial charge in [-0.05, 0) is 48.7 Å². The maximum atomic E-state index is 13.2. The predicted molar refractivity (Wildman–Crippen MR) is 101 cm³/mol. The number of hydrogen-bond acceptors (Lipinski definition) is 3. The molecule has 2 amide bonds. The van der Waals surface area contributed by atoms with Crippen molar-refractivity contribution in [3.63, 3.8) is 0 Å². The van der Waals surface area contributed by atoms with Gasteiger partial charge in [0.1, 0.15) is 18.5 Å². The summed E-state index contributed by atoms with van der Waals surface area (Å²) in [5.74, 6) is -0.265. The second-order valence-electron chi connectivity index (χ2n) is 6.33. The third kappa shape index (κ3) is 4.69. The highest BCUT2D eigenvalue weighted by Crippen LogP contribution is 2.20. The Morgan fingerprint density at radius 3 is 2.70 bits per heavy atom. The van der Waals surface area contributed by atoms with Gasteiger partial charge in [-0.25, -0.2) is 18.9 Å². The SMILES string of the molecule is C[C@H](c1ccc(-n2cncn2)cc1)N(C)C(=O)NCCc1cccc(F)c1. The van der Waals surface area contributed by atoms with Gasteiger partial charge in [-0.1, -0.05) is 24.3 Å². The van der Waals surface area contributed by atoms with Crippen LogP contribution in [-0.2, 0) is 6.42 Å². The van der Waals surface area contributed by atoms with E-state index >= 15 is 0 Å². The van der Waals surface area contributed by atoms with E-state index in [1.54, 1.807) is 29.0 Å². The van der Waals surface area contributed by atoms with Gasteiger partial charge in [-0.2, -0.15) is 5.10 Å². The van der Waals surface area contributed by atoms with Crippen LogP contribution in [0.1, 0.15) is 24.1 Å². The molecule has 0 fully saturated rings. The van der Waals surface area contributed by atoms with Gasteiger partial charge >= 0.3 is 6.03 Å². The van der Waals surface area contributed by atoms with Gasteiger partial charge in [0.2, 0.25) is 0 Å². The zero-order valence-electron chi connectivity index (χ0n) is 15.3. The van der Waals surface area contributed by atoms with Crippen molar-refractivity contribution in [2.24, 2.45) is 0 Å². The predicted octanol–water partition coefficient (Wildman–Crippen LogP) is 3.35. The number of amides is 2. The Morgan fingerprint density at radius 1 is 1.26 bits per heavy atom. The van der Waals surface area contributed by atoms with Crippen LogP contribution in [0.25, 0.3) is 5.69 Å². The van der Waals surface area contributed by atoms with Gasteiger partial charge in [0, 0.05) is 13.6 Å². The highest BCUT2D eigenvalue weighted by molar-refractivity contribution is 5.74. The third-order valence-corrected chi connectivity index (χ3v) is 4.54. The molecular weight excluding hydrogens is 345 g/mol. The molecule has 7 heteroatoms. The first-order valence-electron chi connectivity index (χ1n) is 8.74. The quantitative estimate of drug-likeness (QED) is 0.727. The summed E-state index contributed by atoms with van der Waals surface area (Å²) in [6.07, 6.45) is 3.70. The van der Waals surface area contributed by atoms with E-state index in [4.69, 9.17) is 0 Å². The number of carbonyl (C=O) groups is 1. The highest BCUT2D eigenvalue weighted by atomic mass is 19.1. The summed E-state index contributed by atoms with van der Waals surface area (Å²) in [6, 6.07) is 14.0. The summed E-state index contributed by atoms with van der Waals surface area (Å²) in [5.41, 5.74) is 2.78. The highest BCUT2D eigenvalue weighted by Gasteiger charge is 2.17. The first kappa shape index (κ1) is 18.6. The van der Waals surface area contributed by atoms with Crippen molar-refractivity contribution in [2.75, 3.05) is 13.6 Å². The molecule has 0 saturated carbocycles. The smallest absolute Gasteiger partial charge is 0.317 e. The van der Waals surface area contributed by atoms with Crippen LogP contribution in [-0.4, -0.2) is 39.3 Å². The summed E-state index contributed by atoms with van der Waals surface area (Å²) in [5, 5.41) is 6.97. The van der Waals surface area contributed by atoms with E-state index < -0.39 is 0 Å². The van der Waals surface area contributed by atoms with Crippen LogP contribution in [0.4, 0.5) is 9.18 Å². The molecule has 0 bridgehead atoms. The van der Waals surface area contributed by atoms with Gasteiger partial charge in [0.25, 0.3) is 0 Å². The second kappa shape index (κ2) is 8.44. The fourth-order valence-electron chi connectivity index (χ4n) is 2.78. The molecule has 1 atom stereocenters. The molecule has 0 saturated heterocycles. The number of nitrogens with zero attached hydrogens (tertiary/aromatic N) is 4. The lowest BCUT2D eigenvalue weighted by atomic mass is 10.1. The summed E-state index contributed by atoms with van der Waals surface area (Å²) in [6.45, 7) is 2.42. The van der Waals surface area contributed by atoms with Crippen LogP contribution in [0.3, 0.4) is 0 Å². The fraction of sp³-hybridized carbons (Fsp3) is 0.250. The molecule has 0 unspecified atom stereocenters. The van der Waals surface area contributed by atoms with Crippen molar-refractivity contribution in [3.05, 3.63) is 78.1 Å². The zero-order chi connectivity index (χ0) is 19.2. The van der Waals surface area contributed by atoms with Crippen LogP contribution >= 0.6 is 0 Å². The first-order valence-corrected chi connectivity index (χ1v) is 8.74. The monoisotopic (exact) mass is 367 g/mol. The number of benzene rings is 2. The van der Waals surface area contributed by atoms with Crippen molar-refractivity contribution in [2.45, 2.75) is 19.4 Å². The summed E-state index contributed by atoms with van der Waals surface area (Å²) in [7, 11) is 1.76. The number of rotatable bonds is 6. The number of aromatic nitrogens is 3. The zero-order valence-corrected chi connectivity index (χ0v) is 15.3. The molecule has 3 rings (SSSR count). The lowest BCUT2D eigenvalue weighted by Crippen LogP contribution is -2.39. The number of urea groups is 1. The average molecular weight is 367 g/mol. The van der Waals surface area contributed by atoms with E-state index in [0.717, 1.165) is 16.8 Å². The molecule has 0 aliphatic rings. The molecule has 6 nitrogen and oxygen atoms in total. The Morgan fingerprint density at radius 2 is 2.04 bits per heavy atom. The lowest BCUT2D eigenvalue weighted by Gasteiger charge is -2.25. The number of carbonyl (C=O) groups excluding carboxylic acids is 1. The summed E-state index contributed by atoms with van der Waals surface area (Å²) < 4.78 is 14.9. The average Bonchev–Trinajstić information content (AvgIpc) is 3.22. The topological polar surface area (TPSA) is 63.1 Å². The molecule has 1 N–H and O–H groups in total. The molecule has 27 heavy (non-hydrogen) atoms. The molecule has 0 spiro atoms. The van der Waals surface area contributed by atoms with E-state index in [2.05, 4.69) is 15.4 Å². The molecule has 0 radical (unpaired) electrons. The third-order valence-electron chi connectivity index (χ3n) is 4.54. The number of hydrogen-bond donors (Lipinski definition) is 1. The van der Waals surface area contributed by atoms with Gasteiger partial charge in [-0.3, -0.25) is 0 Å². The molecular formula is C20H22FN5O. The van der Waals surface area contributed by atoms with Crippen molar-refractivity contribution >= 4 is 6.03 Å². The summed E-state index contributed by atoms with van der Waals surface area (Å²) >= 11 is 0. The molecule has 2 aromatic carbocycles. The Hall–Kier alpha value is -3.22. The molecule has 140 valence electrons. The van der Waals surface area contributed by atoms with E-state index in [9.17, 15) is 9.18 Å². The summed E-state index contributed by atoms with van der Waals surface area (Å²) in [4.78, 5) is 18.0. The van der Waals surface area contributed by atoms with Crippen LogP contribution in [0.15, 0.2) is 61.2 Å².